The molecule has 2 atom stereocenters. The van der Waals surface area contributed by atoms with Gasteiger partial charge < -0.3 is 19.7 Å². The van der Waals surface area contributed by atoms with Gasteiger partial charge in [-0.2, -0.15) is 0 Å². The lowest BCUT2D eigenvalue weighted by molar-refractivity contribution is -0.143. The summed E-state index contributed by atoms with van der Waals surface area (Å²) in [7, 11) is 4.80. The fraction of sp³-hybridized carbons (Fsp3) is 0.538. The number of ether oxygens (including phenoxy) is 2. The first-order chi connectivity index (χ1) is 10.0. The Kier molecular flexibility index (Phi) is 4.69. The molecule has 21 heavy (non-hydrogen) atoms. The molecule has 0 spiro atoms. The van der Waals surface area contributed by atoms with Crippen LogP contribution in [0.1, 0.15) is 12.8 Å². The second-order valence-corrected chi connectivity index (χ2v) is 4.86. The summed E-state index contributed by atoms with van der Waals surface area (Å²) >= 11 is 0. The van der Waals surface area contributed by atoms with Crippen LogP contribution in [-0.2, 0) is 14.3 Å². The molecule has 0 saturated carbocycles. The normalized spacial score (nSPS) is 20.9. The van der Waals surface area contributed by atoms with E-state index in [1.807, 2.05) is 0 Å². The van der Waals surface area contributed by atoms with Gasteiger partial charge in [0, 0.05) is 14.1 Å². The Labute approximate surface area is 122 Å². The quantitative estimate of drug-likeness (QED) is 0.844. The van der Waals surface area contributed by atoms with E-state index >= 15 is 0 Å². The highest BCUT2D eigenvalue weighted by Gasteiger charge is 2.35. The van der Waals surface area contributed by atoms with Gasteiger partial charge in [0.25, 0.3) is 11.8 Å². The van der Waals surface area contributed by atoms with E-state index in [9.17, 15) is 9.59 Å². The van der Waals surface area contributed by atoms with Gasteiger partial charge in [-0.25, -0.2) is 9.97 Å². The fourth-order valence-electron chi connectivity index (χ4n) is 1.99. The molecule has 1 aliphatic heterocycles. The summed E-state index contributed by atoms with van der Waals surface area (Å²) in [5, 5.41) is 2.61. The highest BCUT2D eigenvalue weighted by atomic mass is 16.5. The van der Waals surface area contributed by atoms with E-state index in [4.69, 9.17) is 9.47 Å². The molecule has 1 fully saturated rings. The van der Waals surface area contributed by atoms with Crippen LogP contribution in [0.25, 0.3) is 0 Å². The zero-order chi connectivity index (χ0) is 15.4. The highest BCUT2D eigenvalue weighted by molar-refractivity contribution is 5.94. The maximum atomic E-state index is 12.0. The third-order valence-corrected chi connectivity index (χ3v) is 3.12. The largest absolute Gasteiger partial charge is 0.480 e. The van der Waals surface area contributed by atoms with Crippen molar-refractivity contribution in [3.05, 3.63) is 12.4 Å². The van der Waals surface area contributed by atoms with E-state index in [0.717, 1.165) is 0 Å². The molecule has 0 radical (unpaired) electrons. The first-order valence-corrected chi connectivity index (χ1v) is 6.54. The summed E-state index contributed by atoms with van der Waals surface area (Å²) in [5.74, 6) is 0.214. The standard InChI is InChI=1S/C13H18N4O4/c1-17(2)13(19)9-5-4-8(21-9)12(18)16-10-6-15-11(20-3)7-14-10/h6-9H,4-5H2,1-3H3,(H,14,16,18)/t8-,9+/m0/s1. The van der Waals surface area contributed by atoms with Crippen LogP contribution in [0.2, 0.25) is 0 Å². The van der Waals surface area contributed by atoms with Gasteiger partial charge in [0.05, 0.1) is 19.5 Å². The molecule has 1 aliphatic rings. The second-order valence-electron chi connectivity index (χ2n) is 4.86. The van der Waals surface area contributed by atoms with E-state index in [-0.39, 0.29) is 11.8 Å². The van der Waals surface area contributed by atoms with E-state index in [2.05, 4.69) is 15.3 Å². The molecule has 0 aliphatic carbocycles. The van der Waals surface area contributed by atoms with Gasteiger partial charge in [-0.1, -0.05) is 0 Å². The number of carbonyl (C=O) groups excluding carboxylic acids is 2. The van der Waals surface area contributed by atoms with Crippen molar-refractivity contribution in [1.82, 2.24) is 14.9 Å². The van der Waals surface area contributed by atoms with Crippen LogP contribution in [0.15, 0.2) is 12.4 Å². The number of anilines is 1. The van der Waals surface area contributed by atoms with Gasteiger partial charge in [-0.05, 0) is 12.8 Å². The molecule has 8 heteroatoms. The number of likely N-dealkylation sites (N-methyl/N-ethyl adjacent to an activating group) is 1. The summed E-state index contributed by atoms with van der Waals surface area (Å²) in [6.07, 6.45) is 2.63. The number of methoxy groups -OCH3 is 1. The Morgan fingerprint density at radius 3 is 2.57 bits per heavy atom. The van der Waals surface area contributed by atoms with Crippen molar-refractivity contribution in [3.8, 4) is 5.88 Å². The lowest BCUT2D eigenvalue weighted by atomic mass is 10.2. The molecule has 0 aromatic carbocycles. The first kappa shape index (κ1) is 15.2. The van der Waals surface area contributed by atoms with Crippen molar-refractivity contribution in [3.63, 3.8) is 0 Å². The third kappa shape index (κ3) is 3.66. The molecule has 2 amide bonds. The molecule has 8 nitrogen and oxygen atoms in total. The summed E-state index contributed by atoms with van der Waals surface area (Å²) < 4.78 is 10.4. The Morgan fingerprint density at radius 2 is 2.00 bits per heavy atom. The van der Waals surface area contributed by atoms with E-state index in [1.54, 1.807) is 14.1 Å². The van der Waals surface area contributed by atoms with Crippen LogP contribution in [0, 0.1) is 0 Å². The van der Waals surface area contributed by atoms with Crippen molar-refractivity contribution in [2.75, 3.05) is 26.5 Å². The molecule has 114 valence electrons. The van der Waals surface area contributed by atoms with Gasteiger partial charge >= 0.3 is 0 Å². The summed E-state index contributed by atoms with van der Waals surface area (Å²) in [5.41, 5.74) is 0. The molecule has 1 aromatic rings. The molecule has 0 bridgehead atoms. The first-order valence-electron chi connectivity index (χ1n) is 6.54. The molecule has 2 rings (SSSR count). The number of amides is 2. The molecule has 1 aromatic heterocycles. The number of rotatable bonds is 4. The predicted octanol–water partition coefficient (Wildman–Crippen LogP) is 0.0595. The summed E-state index contributed by atoms with van der Waals surface area (Å²) in [4.78, 5) is 33.2. The number of aromatic nitrogens is 2. The lowest BCUT2D eigenvalue weighted by Crippen LogP contribution is -2.35. The van der Waals surface area contributed by atoms with Crippen LogP contribution in [0.3, 0.4) is 0 Å². The molecule has 1 saturated heterocycles. The molecular formula is C13H18N4O4. The number of nitrogens with one attached hydrogen (secondary N) is 1. The maximum absolute atomic E-state index is 12.0. The van der Waals surface area contributed by atoms with Crippen molar-refractivity contribution >= 4 is 17.6 Å². The summed E-state index contributed by atoms with van der Waals surface area (Å²) in [6, 6.07) is 0. The highest BCUT2D eigenvalue weighted by Crippen LogP contribution is 2.22. The Morgan fingerprint density at radius 1 is 1.29 bits per heavy atom. The monoisotopic (exact) mass is 294 g/mol. The Bertz CT molecular complexity index is 517. The number of nitrogens with zero attached hydrogens (tertiary/aromatic N) is 3. The molecular weight excluding hydrogens is 276 g/mol. The number of carbonyl (C=O) groups is 2. The molecule has 0 unspecified atom stereocenters. The van der Waals surface area contributed by atoms with Crippen LogP contribution in [0.5, 0.6) is 5.88 Å². The molecule has 1 N–H and O–H groups in total. The zero-order valence-corrected chi connectivity index (χ0v) is 12.2. The van der Waals surface area contributed by atoms with Crippen LogP contribution in [-0.4, -0.2) is 60.1 Å². The number of hydrogen-bond donors (Lipinski definition) is 1. The summed E-state index contributed by atoms with van der Waals surface area (Å²) in [6.45, 7) is 0. The van der Waals surface area contributed by atoms with Gasteiger partial charge in [-0.15, -0.1) is 0 Å². The van der Waals surface area contributed by atoms with Crippen molar-refractivity contribution in [2.45, 2.75) is 25.0 Å². The SMILES string of the molecule is COc1cnc(NC(=O)[C@@H]2CC[C@H](C(=O)N(C)C)O2)cn1. The van der Waals surface area contributed by atoms with Gasteiger partial charge in [0.2, 0.25) is 5.88 Å². The van der Waals surface area contributed by atoms with Crippen molar-refractivity contribution in [1.29, 1.82) is 0 Å². The van der Waals surface area contributed by atoms with Crippen LogP contribution >= 0.6 is 0 Å². The van der Waals surface area contributed by atoms with Gasteiger partial charge in [0.15, 0.2) is 5.82 Å². The Hall–Kier alpha value is -2.22. The minimum Gasteiger partial charge on any atom is -0.480 e. The van der Waals surface area contributed by atoms with Crippen molar-refractivity contribution < 1.29 is 19.1 Å². The number of hydrogen-bond acceptors (Lipinski definition) is 6. The Balaban J connectivity index is 1.91. The van der Waals surface area contributed by atoms with Crippen LogP contribution < -0.4 is 10.1 Å². The van der Waals surface area contributed by atoms with E-state index in [1.165, 1.54) is 24.4 Å². The molecule has 2 heterocycles. The van der Waals surface area contributed by atoms with Gasteiger partial charge in [0.1, 0.15) is 12.2 Å². The second kappa shape index (κ2) is 6.49. The van der Waals surface area contributed by atoms with E-state index in [0.29, 0.717) is 24.5 Å². The van der Waals surface area contributed by atoms with E-state index < -0.39 is 12.2 Å². The predicted molar refractivity (Wildman–Crippen MR) is 73.8 cm³/mol. The fourth-order valence-corrected chi connectivity index (χ4v) is 1.99. The average molecular weight is 294 g/mol. The minimum atomic E-state index is -0.650. The third-order valence-electron chi connectivity index (χ3n) is 3.12. The topological polar surface area (TPSA) is 93.6 Å². The van der Waals surface area contributed by atoms with Crippen molar-refractivity contribution in [2.24, 2.45) is 0 Å². The average Bonchev–Trinajstić information content (AvgIpc) is 2.97. The minimum absolute atomic E-state index is 0.130. The smallest absolute Gasteiger partial charge is 0.254 e. The zero-order valence-electron chi connectivity index (χ0n) is 12.2. The maximum Gasteiger partial charge on any atom is 0.254 e. The van der Waals surface area contributed by atoms with Gasteiger partial charge in [-0.3, -0.25) is 9.59 Å². The lowest BCUT2D eigenvalue weighted by Gasteiger charge is -2.16. The van der Waals surface area contributed by atoms with Crippen LogP contribution in [0.4, 0.5) is 5.82 Å².